The summed E-state index contributed by atoms with van der Waals surface area (Å²) in [4.78, 5) is 2.30. The summed E-state index contributed by atoms with van der Waals surface area (Å²) in [6.45, 7) is 3.09. The molecule has 0 radical (unpaired) electrons. The highest BCUT2D eigenvalue weighted by atomic mass is 16.3. The van der Waals surface area contributed by atoms with Gasteiger partial charge in [0.25, 0.3) is 0 Å². The number of rotatable bonds is 3. The van der Waals surface area contributed by atoms with Gasteiger partial charge in [-0.2, -0.15) is 0 Å². The monoisotopic (exact) mass is 220 g/mol. The van der Waals surface area contributed by atoms with Crippen LogP contribution >= 0.6 is 0 Å². The summed E-state index contributed by atoms with van der Waals surface area (Å²) >= 11 is 0. The first-order chi connectivity index (χ1) is 7.79. The Bertz CT molecular complexity index is 313. The van der Waals surface area contributed by atoms with Gasteiger partial charge in [-0.15, -0.1) is 0 Å². The van der Waals surface area contributed by atoms with Gasteiger partial charge in [-0.25, -0.2) is 0 Å². The molecule has 3 N–H and O–H groups in total. The molecule has 1 aliphatic heterocycles. The van der Waals surface area contributed by atoms with Crippen LogP contribution in [0.4, 0.5) is 0 Å². The summed E-state index contributed by atoms with van der Waals surface area (Å²) in [5.74, 6) is 0. The minimum Gasteiger partial charge on any atom is -0.390 e. The second-order valence-electron chi connectivity index (χ2n) is 4.46. The second-order valence-corrected chi connectivity index (χ2v) is 4.46. The van der Waals surface area contributed by atoms with Crippen LogP contribution in [0.1, 0.15) is 11.1 Å². The van der Waals surface area contributed by atoms with Crippen LogP contribution in [-0.4, -0.2) is 42.3 Å². The molecule has 0 aromatic heterocycles. The minimum atomic E-state index is -0.388. The lowest BCUT2D eigenvalue weighted by atomic mass is 10.0. The minimum absolute atomic E-state index is 0.351. The molecule has 0 saturated carbocycles. The molecule has 3 heteroatoms. The van der Waals surface area contributed by atoms with Gasteiger partial charge in [-0.3, -0.25) is 0 Å². The Morgan fingerprint density at radius 1 is 1.19 bits per heavy atom. The Labute approximate surface area is 96.9 Å². The quantitative estimate of drug-likeness (QED) is 0.775. The SMILES string of the molecule is NCC(O)CN1CCc2ccccc2CC1. The van der Waals surface area contributed by atoms with Crippen LogP contribution in [0.3, 0.4) is 0 Å². The van der Waals surface area contributed by atoms with Crippen LogP contribution in [0.15, 0.2) is 24.3 Å². The molecule has 1 atom stereocenters. The van der Waals surface area contributed by atoms with Crippen LogP contribution in [0.2, 0.25) is 0 Å². The smallest absolute Gasteiger partial charge is 0.0789 e. The Hall–Kier alpha value is -0.900. The lowest BCUT2D eigenvalue weighted by Gasteiger charge is -2.22. The molecular formula is C13H20N2O. The molecule has 2 rings (SSSR count). The highest BCUT2D eigenvalue weighted by Gasteiger charge is 2.15. The molecule has 0 saturated heterocycles. The van der Waals surface area contributed by atoms with E-state index in [1.54, 1.807) is 0 Å². The number of nitrogens with two attached hydrogens (primary N) is 1. The predicted molar refractivity (Wildman–Crippen MR) is 65.4 cm³/mol. The van der Waals surface area contributed by atoms with Gasteiger partial charge in [0.1, 0.15) is 0 Å². The summed E-state index contributed by atoms with van der Waals surface area (Å²) in [6, 6.07) is 8.61. The summed E-state index contributed by atoms with van der Waals surface area (Å²) in [6.07, 6.45) is 1.77. The van der Waals surface area contributed by atoms with Crippen molar-refractivity contribution in [1.29, 1.82) is 0 Å². The van der Waals surface area contributed by atoms with Crippen LogP contribution in [0, 0.1) is 0 Å². The summed E-state index contributed by atoms with van der Waals surface area (Å²) in [5, 5.41) is 9.55. The van der Waals surface area contributed by atoms with Crippen molar-refractivity contribution in [2.75, 3.05) is 26.2 Å². The molecule has 1 heterocycles. The van der Waals surface area contributed by atoms with E-state index in [0.717, 1.165) is 25.9 Å². The first-order valence-corrected chi connectivity index (χ1v) is 5.97. The predicted octanol–water partition coefficient (Wildman–Crippen LogP) is 0.407. The van der Waals surface area contributed by atoms with E-state index < -0.39 is 0 Å². The van der Waals surface area contributed by atoms with Crippen LogP contribution in [-0.2, 0) is 12.8 Å². The maximum atomic E-state index is 9.55. The number of fused-ring (bicyclic) bond motifs is 1. The van der Waals surface area contributed by atoms with Gasteiger partial charge in [-0.1, -0.05) is 24.3 Å². The zero-order chi connectivity index (χ0) is 11.4. The van der Waals surface area contributed by atoms with E-state index >= 15 is 0 Å². The molecule has 1 unspecified atom stereocenters. The molecular weight excluding hydrogens is 200 g/mol. The first kappa shape index (κ1) is 11.6. The number of hydrogen-bond acceptors (Lipinski definition) is 3. The Balaban J connectivity index is 1.97. The van der Waals surface area contributed by atoms with E-state index in [-0.39, 0.29) is 6.10 Å². The highest BCUT2D eigenvalue weighted by Crippen LogP contribution is 2.15. The molecule has 0 bridgehead atoms. The van der Waals surface area contributed by atoms with Gasteiger partial charge >= 0.3 is 0 Å². The number of β-amino-alcohol motifs (C(OH)–C–C–N with tert-alkyl or cyclic N) is 1. The lowest BCUT2D eigenvalue weighted by molar-refractivity contribution is 0.121. The fourth-order valence-electron chi connectivity index (χ4n) is 2.27. The average molecular weight is 220 g/mol. The van der Waals surface area contributed by atoms with E-state index in [4.69, 9.17) is 5.73 Å². The second kappa shape index (κ2) is 5.43. The Kier molecular flexibility index (Phi) is 3.93. The molecule has 3 nitrogen and oxygen atoms in total. The molecule has 16 heavy (non-hydrogen) atoms. The molecule has 0 spiro atoms. The van der Waals surface area contributed by atoms with Crippen LogP contribution in [0.5, 0.6) is 0 Å². The van der Waals surface area contributed by atoms with Crippen molar-refractivity contribution in [3.05, 3.63) is 35.4 Å². The molecule has 0 aliphatic carbocycles. The van der Waals surface area contributed by atoms with E-state index in [1.165, 1.54) is 11.1 Å². The average Bonchev–Trinajstić information content (AvgIpc) is 2.52. The van der Waals surface area contributed by atoms with Crippen molar-refractivity contribution >= 4 is 0 Å². The third kappa shape index (κ3) is 2.82. The van der Waals surface area contributed by atoms with E-state index in [1.807, 2.05) is 0 Å². The molecule has 0 amide bonds. The summed E-state index contributed by atoms with van der Waals surface area (Å²) in [5.41, 5.74) is 8.34. The maximum absolute atomic E-state index is 9.55. The first-order valence-electron chi connectivity index (χ1n) is 5.97. The van der Waals surface area contributed by atoms with Crippen molar-refractivity contribution in [3.63, 3.8) is 0 Å². The number of benzene rings is 1. The van der Waals surface area contributed by atoms with Gasteiger partial charge in [-0.05, 0) is 24.0 Å². The summed E-state index contributed by atoms with van der Waals surface area (Å²) in [7, 11) is 0. The third-order valence-electron chi connectivity index (χ3n) is 3.25. The number of hydrogen-bond donors (Lipinski definition) is 2. The molecule has 88 valence electrons. The van der Waals surface area contributed by atoms with Crippen LogP contribution < -0.4 is 5.73 Å². The number of nitrogens with zero attached hydrogens (tertiary/aromatic N) is 1. The Morgan fingerprint density at radius 3 is 2.25 bits per heavy atom. The van der Waals surface area contributed by atoms with E-state index in [0.29, 0.717) is 13.1 Å². The zero-order valence-corrected chi connectivity index (χ0v) is 9.60. The number of aliphatic hydroxyl groups is 1. The Morgan fingerprint density at radius 2 is 1.75 bits per heavy atom. The zero-order valence-electron chi connectivity index (χ0n) is 9.60. The van der Waals surface area contributed by atoms with Crippen molar-refractivity contribution in [1.82, 2.24) is 4.90 Å². The fraction of sp³-hybridized carbons (Fsp3) is 0.538. The normalized spacial score (nSPS) is 18.9. The lowest BCUT2D eigenvalue weighted by Crippen LogP contribution is -2.37. The van der Waals surface area contributed by atoms with Gasteiger partial charge in [0.2, 0.25) is 0 Å². The number of aliphatic hydroxyl groups excluding tert-OH is 1. The van der Waals surface area contributed by atoms with Crippen molar-refractivity contribution in [3.8, 4) is 0 Å². The van der Waals surface area contributed by atoms with E-state index in [9.17, 15) is 5.11 Å². The molecule has 1 aromatic rings. The largest absolute Gasteiger partial charge is 0.390 e. The molecule has 1 aliphatic rings. The van der Waals surface area contributed by atoms with E-state index in [2.05, 4.69) is 29.2 Å². The topological polar surface area (TPSA) is 49.5 Å². The van der Waals surface area contributed by atoms with Gasteiger partial charge in [0.15, 0.2) is 0 Å². The maximum Gasteiger partial charge on any atom is 0.0789 e. The third-order valence-corrected chi connectivity index (χ3v) is 3.25. The van der Waals surface area contributed by atoms with Crippen molar-refractivity contribution in [2.24, 2.45) is 5.73 Å². The standard InChI is InChI=1S/C13H20N2O/c14-9-13(16)10-15-7-5-11-3-1-2-4-12(11)6-8-15/h1-4,13,16H,5-10,14H2. The summed E-state index contributed by atoms with van der Waals surface area (Å²) < 4.78 is 0. The van der Waals surface area contributed by atoms with Crippen LogP contribution in [0.25, 0.3) is 0 Å². The van der Waals surface area contributed by atoms with Crippen molar-refractivity contribution in [2.45, 2.75) is 18.9 Å². The van der Waals surface area contributed by atoms with Crippen molar-refractivity contribution < 1.29 is 5.11 Å². The fourth-order valence-corrected chi connectivity index (χ4v) is 2.27. The van der Waals surface area contributed by atoms with Gasteiger partial charge in [0.05, 0.1) is 6.10 Å². The van der Waals surface area contributed by atoms with Gasteiger partial charge < -0.3 is 15.7 Å². The highest BCUT2D eigenvalue weighted by molar-refractivity contribution is 5.28. The molecule has 0 fully saturated rings. The molecule has 1 aromatic carbocycles. The van der Waals surface area contributed by atoms with Gasteiger partial charge in [0, 0.05) is 26.2 Å².